The fourth-order valence-corrected chi connectivity index (χ4v) is 3.48. The van der Waals surface area contributed by atoms with Gasteiger partial charge in [-0.05, 0) is 48.7 Å². The number of aryl methyl sites for hydroxylation is 1. The van der Waals surface area contributed by atoms with Crippen molar-refractivity contribution in [2.24, 2.45) is 0 Å². The molecule has 0 bridgehead atoms. The summed E-state index contributed by atoms with van der Waals surface area (Å²) in [4.78, 5) is 18.9. The number of nitrogens with one attached hydrogen (secondary N) is 1. The second kappa shape index (κ2) is 7.58. The molecule has 0 fully saturated rings. The largest absolute Gasteiger partial charge is 0.416 e. The van der Waals surface area contributed by atoms with Crippen molar-refractivity contribution in [3.8, 4) is 0 Å². The van der Waals surface area contributed by atoms with Crippen LogP contribution in [0.4, 0.5) is 30.2 Å². The maximum atomic E-state index is 12.9. The number of rotatable bonds is 3. The Labute approximate surface area is 166 Å². The maximum Gasteiger partial charge on any atom is 0.416 e. The number of nitrogens with zero attached hydrogens (tertiary/aromatic N) is 2. The highest BCUT2D eigenvalue weighted by Crippen LogP contribution is 2.33. The molecule has 0 saturated heterocycles. The van der Waals surface area contributed by atoms with E-state index in [0.29, 0.717) is 0 Å². The molecule has 1 amide bonds. The van der Waals surface area contributed by atoms with Gasteiger partial charge in [-0.3, -0.25) is 9.78 Å². The van der Waals surface area contributed by atoms with E-state index in [-0.39, 0.29) is 11.3 Å². The van der Waals surface area contributed by atoms with Crippen LogP contribution in [0.1, 0.15) is 27.9 Å². The highest BCUT2D eigenvalue weighted by atomic mass is 19.4. The third-order valence-electron chi connectivity index (χ3n) is 4.86. The van der Waals surface area contributed by atoms with Crippen molar-refractivity contribution in [2.45, 2.75) is 19.0 Å². The van der Waals surface area contributed by atoms with E-state index in [9.17, 15) is 18.0 Å². The van der Waals surface area contributed by atoms with E-state index in [1.54, 1.807) is 12.3 Å². The van der Waals surface area contributed by atoms with Crippen molar-refractivity contribution in [3.05, 3.63) is 83.7 Å². The summed E-state index contributed by atoms with van der Waals surface area (Å²) in [5, 5.41) is 2.52. The third kappa shape index (κ3) is 4.08. The Hall–Kier alpha value is -3.35. The number of pyridine rings is 1. The van der Waals surface area contributed by atoms with Crippen LogP contribution in [0, 0.1) is 0 Å². The molecule has 1 aromatic heterocycles. The highest BCUT2D eigenvalue weighted by Gasteiger charge is 2.30. The van der Waals surface area contributed by atoms with Crippen molar-refractivity contribution in [1.82, 2.24) is 4.98 Å². The molecule has 0 radical (unpaired) electrons. The van der Waals surface area contributed by atoms with E-state index in [1.165, 1.54) is 23.9 Å². The first kappa shape index (κ1) is 19.0. The maximum absolute atomic E-state index is 12.9. The van der Waals surface area contributed by atoms with Crippen LogP contribution in [-0.4, -0.2) is 17.4 Å². The van der Waals surface area contributed by atoms with Gasteiger partial charge in [0.05, 0.1) is 23.0 Å². The lowest BCUT2D eigenvalue weighted by Crippen LogP contribution is -2.25. The molecule has 29 heavy (non-hydrogen) atoms. The molecule has 0 aliphatic carbocycles. The first-order valence-electron chi connectivity index (χ1n) is 9.21. The average Bonchev–Trinajstić information content (AvgIpc) is 2.73. The summed E-state index contributed by atoms with van der Waals surface area (Å²) in [6, 6.07) is 14.3. The first-order chi connectivity index (χ1) is 13.9. The summed E-state index contributed by atoms with van der Waals surface area (Å²) >= 11 is 0. The van der Waals surface area contributed by atoms with E-state index in [4.69, 9.17) is 0 Å². The minimum Gasteiger partial charge on any atom is -0.340 e. The fourth-order valence-electron chi connectivity index (χ4n) is 3.48. The lowest BCUT2D eigenvalue weighted by molar-refractivity contribution is -0.137. The normalized spacial score (nSPS) is 13.7. The van der Waals surface area contributed by atoms with Gasteiger partial charge in [0.1, 0.15) is 0 Å². The molecule has 148 valence electrons. The molecule has 1 N–H and O–H groups in total. The van der Waals surface area contributed by atoms with Gasteiger partial charge in [0.25, 0.3) is 5.91 Å². The van der Waals surface area contributed by atoms with Crippen LogP contribution in [0.25, 0.3) is 0 Å². The molecule has 4 nitrogen and oxygen atoms in total. The Kier molecular flexibility index (Phi) is 4.96. The zero-order valence-corrected chi connectivity index (χ0v) is 15.4. The zero-order valence-electron chi connectivity index (χ0n) is 15.4. The van der Waals surface area contributed by atoms with Crippen LogP contribution >= 0.6 is 0 Å². The number of carbonyl (C=O) groups is 1. The van der Waals surface area contributed by atoms with Crippen molar-refractivity contribution in [3.63, 3.8) is 0 Å². The summed E-state index contributed by atoms with van der Waals surface area (Å²) < 4.78 is 38.6. The molecule has 2 aromatic carbocycles. The van der Waals surface area contributed by atoms with Gasteiger partial charge in [0.15, 0.2) is 0 Å². The number of anilines is 3. The summed E-state index contributed by atoms with van der Waals surface area (Å²) in [7, 11) is 0. The van der Waals surface area contributed by atoms with E-state index >= 15 is 0 Å². The topological polar surface area (TPSA) is 45.2 Å². The molecule has 7 heteroatoms. The van der Waals surface area contributed by atoms with Gasteiger partial charge < -0.3 is 10.2 Å². The molecular weight excluding hydrogens is 379 g/mol. The van der Waals surface area contributed by atoms with Gasteiger partial charge in [-0.15, -0.1) is 0 Å². The Bertz CT molecular complexity index is 1050. The molecule has 2 heterocycles. The minimum atomic E-state index is -4.47. The summed E-state index contributed by atoms with van der Waals surface area (Å²) in [6.07, 6.45) is 0.600. The third-order valence-corrected chi connectivity index (χ3v) is 4.86. The number of amides is 1. The van der Waals surface area contributed by atoms with Gasteiger partial charge in [-0.25, -0.2) is 0 Å². The van der Waals surface area contributed by atoms with Crippen molar-refractivity contribution in [1.29, 1.82) is 0 Å². The quantitative estimate of drug-likeness (QED) is 0.640. The number of benzene rings is 2. The smallest absolute Gasteiger partial charge is 0.340 e. The van der Waals surface area contributed by atoms with Crippen LogP contribution in [0.3, 0.4) is 0 Å². The Morgan fingerprint density at radius 1 is 1.03 bits per heavy atom. The molecule has 0 atom stereocenters. The summed E-state index contributed by atoms with van der Waals surface area (Å²) in [6.45, 7) is 0.803. The average molecular weight is 397 g/mol. The van der Waals surface area contributed by atoms with Gasteiger partial charge in [-0.1, -0.05) is 24.3 Å². The second-order valence-corrected chi connectivity index (χ2v) is 6.85. The number of halogens is 3. The molecule has 0 spiro atoms. The number of hydrogen-bond acceptors (Lipinski definition) is 3. The zero-order chi connectivity index (χ0) is 20.4. The molecule has 1 aliphatic heterocycles. The molecule has 3 aromatic rings. The molecule has 0 unspecified atom stereocenters. The van der Waals surface area contributed by atoms with Gasteiger partial charge >= 0.3 is 6.18 Å². The number of aromatic nitrogens is 1. The molecular formula is C22H18F3N3O. The number of fused-ring (bicyclic) bond motifs is 1. The lowest BCUT2D eigenvalue weighted by atomic mass is 10.0. The predicted octanol–water partition coefficient (Wildman–Crippen LogP) is 5.44. The van der Waals surface area contributed by atoms with Gasteiger partial charge in [0.2, 0.25) is 0 Å². The SMILES string of the molecule is O=C(Nc1cccc(C(F)(F)F)c1)c1cncc(N2CCCc3ccccc32)c1. The minimum absolute atomic E-state index is 0.0820. The van der Waals surface area contributed by atoms with Gasteiger partial charge in [0, 0.05) is 24.1 Å². The fraction of sp³-hybridized carbons (Fsp3) is 0.182. The first-order valence-corrected chi connectivity index (χ1v) is 9.21. The number of para-hydroxylation sites is 1. The molecule has 0 saturated carbocycles. The highest BCUT2D eigenvalue weighted by molar-refractivity contribution is 6.04. The van der Waals surface area contributed by atoms with E-state index in [2.05, 4.69) is 21.3 Å². The van der Waals surface area contributed by atoms with Crippen LogP contribution in [0.2, 0.25) is 0 Å². The Balaban J connectivity index is 1.58. The predicted molar refractivity (Wildman–Crippen MR) is 105 cm³/mol. The van der Waals surface area contributed by atoms with Crippen molar-refractivity contribution in [2.75, 3.05) is 16.8 Å². The molecule has 4 rings (SSSR count). The summed E-state index contributed by atoms with van der Waals surface area (Å²) in [5.74, 6) is -0.510. The van der Waals surface area contributed by atoms with Gasteiger partial charge in [-0.2, -0.15) is 13.2 Å². The van der Waals surface area contributed by atoms with Crippen molar-refractivity contribution < 1.29 is 18.0 Å². The van der Waals surface area contributed by atoms with Crippen LogP contribution < -0.4 is 10.2 Å². The Morgan fingerprint density at radius 2 is 1.86 bits per heavy atom. The second-order valence-electron chi connectivity index (χ2n) is 6.85. The Morgan fingerprint density at radius 3 is 2.69 bits per heavy atom. The van der Waals surface area contributed by atoms with Crippen LogP contribution in [-0.2, 0) is 12.6 Å². The van der Waals surface area contributed by atoms with E-state index in [1.807, 2.05) is 18.2 Å². The van der Waals surface area contributed by atoms with E-state index in [0.717, 1.165) is 42.9 Å². The lowest BCUT2D eigenvalue weighted by Gasteiger charge is -2.31. The number of alkyl halides is 3. The van der Waals surface area contributed by atoms with Crippen LogP contribution in [0.15, 0.2) is 67.0 Å². The number of hydrogen-bond donors (Lipinski definition) is 1. The standard InChI is InChI=1S/C22H18F3N3O/c23-22(24,25)17-7-3-8-18(12-17)27-21(29)16-11-19(14-26-13-16)28-10-4-6-15-5-1-2-9-20(15)28/h1-3,5,7-9,11-14H,4,6,10H2,(H,27,29). The monoisotopic (exact) mass is 397 g/mol. The molecule has 1 aliphatic rings. The summed E-state index contributed by atoms with van der Waals surface area (Å²) in [5.41, 5.74) is 2.64. The van der Waals surface area contributed by atoms with Crippen molar-refractivity contribution >= 4 is 23.0 Å². The number of carbonyl (C=O) groups excluding carboxylic acids is 1. The van der Waals surface area contributed by atoms with Crippen LogP contribution in [0.5, 0.6) is 0 Å². The van der Waals surface area contributed by atoms with E-state index < -0.39 is 17.6 Å².